The van der Waals surface area contributed by atoms with Crippen LogP contribution in [0.4, 0.5) is 5.69 Å². The molecule has 0 unspecified atom stereocenters. The van der Waals surface area contributed by atoms with Crippen LogP contribution < -0.4 is 10.1 Å². The third-order valence-corrected chi connectivity index (χ3v) is 3.17. The Labute approximate surface area is 114 Å². The fraction of sp³-hybridized carbons (Fsp3) is 0.400. The minimum absolute atomic E-state index is 0.714. The first kappa shape index (κ1) is 13.5. The maximum absolute atomic E-state index is 5.39. The Hall–Kier alpha value is -1.97. The predicted octanol–water partition coefficient (Wildman–Crippen LogP) is 2.97. The number of hydrogen-bond donors (Lipinski definition) is 1. The van der Waals surface area contributed by atoms with Crippen molar-refractivity contribution in [1.82, 2.24) is 9.78 Å². The molecule has 1 N–H and O–H groups in total. The molecule has 1 aromatic carbocycles. The summed E-state index contributed by atoms with van der Waals surface area (Å²) < 4.78 is 7.16. The third-order valence-electron chi connectivity index (χ3n) is 3.17. The lowest BCUT2D eigenvalue weighted by Crippen LogP contribution is -2.03. The van der Waals surface area contributed by atoms with E-state index >= 15 is 0 Å². The Bertz CT molecular complexity index is 567. The highest BCUT2D eigenvalue weighted by atomic mass is 16.5. The Morgan fingerprint density at radius 3 is 2.37 bits per heavy atom. The van der Waals surface area contributed by atoms with Crippen LogP contribution in [0.15, 0.2) is 18.2 Å². The van der Waals surface area contributed by atoms with Gasteiger partial charge in [-0.25, -0.2) is 4.68 Å². The number of nitrogens with zero attached hydrogens (tertiary/aromatic N) is 2. The highest BCUT2D eigenvalue weighted by molar-refractivity contribution is 5.49. The molecule has 2 rings (SSSR count). The van der Waals surface area contributed by atoms with E-state index in [0.717, 1.165) is 22.8 Å². The average Bonchev–Trinajstić information content (AvgIpc) is 2.59. The van der Waals surface area contributed by atoms with Crippen LogP contribution >= 0.6 is 0 Å². The maximum atomic E-state index is 5.39. The molecule has 1 aromatic heterocycles. The van der Waals surface area contributed by atoms with E-state index in [4.69, 9.17) is 4.74 Å². The van der Waals surface area contributed by atoms with Crippen molar-refractivity contribution in [2.45, 2.75) is 27.3 Å². The van der Waals surface area contributed by atoms with Crippen LogP contribution in [0.5, 0.6) is 5.88 Å². The lowest BCUT2D eigenvalue weighted by molar-refractivity contribution is 0.370. The molecule has 0 fully saturated rings. The second-order valence-electron chi connectivity index (χ2n) is 4.93. The second-order valence-corrected chi connectivity index (χ2v) is 4.93. The summed E-state index contributed by atoms with van der Waals surface area (Å²) >= 11 is 0. The molecule has 0 aliphatic carbocycles. The molecule has 4 heteroatoms. The standard InChI is InChI=1S/C15H21N3O/c1-10-6-11(2)8-13(7-10)16-9-14-12(3)17-18(4)15(14)19-5/h6-8,16H,9H2,1-5H3. The zero-order chi connectivity index (χ0) is 14.0. The van der Waals surface area contributed by atoms with Crippen molar-refractivity contribution in [3.63, 3.8) is 0 Å². The van der Waals surface area contributed by atoms with Crippen LogP contribution in [0.25, 0.3) is 0 Å². The number of rotatable bonds is 4. The minimum atomic E-state index is 0.714. The normalized spacial score (nSPS) is 10.6. The predicted molar refractivity (Wildman–Crippen MR) is 77.7 cm³/mol. The molecule has 0 saturated heterocycles. The SMILES string of the molecule is COc1c(CNc2cc(C)cc(C)c2)c(C)nn1C. The van der Waals surface area contributed by atoms with E-state index < -0.39 is 0 Å². The second kappa shape index (κ2) is 5.34. The lowest BCUT2D eigenvalue weighted by atomic mass is 10.1. The quantitative estimate of drug-likeness (QED) is 0.917. The molecule has 0 amide bonds. The summed E-state index contributed by atoms with van der Waals surface area (Å²) in [6.45, 7) is 6.93. The van der Waals surface area contributed by atoms with Crippen LogP contribution in [0.3, 0.4) is 0 Å². The van der Waals surface area contributed by atoms with Gasteiger partial charge in [0.15, 0.2) is 0 Å². The van der Waals surface area contributed by atoms with Crippen molar-refractivity contribution in [2.75, 3.05) is 12.4 Å². The minimum Gasteiger partial charge on any atom is -0.481 e. The maximum Gasteiger partial charge on any atom is 0.216 e. The van der Waals surface area contributed by atoms with E-state index in [0.29, 0.717) is 6.54 Å². The van der Waals surface area contributed by atoms with Crippen LogP contribution in [0.2, 0.25) is 0 Å². The summed E-state index contributed by atoms with van der Waals surface area (Å²) in [5, 5.41) is 7.82. The molecule has 19 heavy (non-hydrogen) atoms. The first-order valence-electron chi connectivity index (χ1n) is 6.40. The number of ether oxygens (including phenoxy) is 1. The number of benzene rings is 1. The molecule has 0 saturated carbocycles. The molecule has 0 bridgehead atoms. The van der Waals surface area contributed by atoms with Gasteiger partial charge in [-0.05, 0) is 44.0 Å². The van der Waals surface area contributed by atoms with Gasteiger partial charge in [-0.1, -0.05) is 6.07 Å². The van der Waals surface area contributed by atoms with Crippen LogP contribution in [0.1, 0.15) is 22.4 Å². The Kier molecular flexibility index (Phi) is 3.79. The fourth-order valence-corrected chi connectivity index (χ4v) is 2.41. The molecule has 0 radical (unpaired) electrons. The molecule has 2 aromatic rings. The number of methoxy groups -OCH3 is 1. The molecule has 0 atom stereocenters. The third kappa shape index (κ3) is 2.89. The van der Waals surface area contributed by atoms with E-state index in [9.17, 15) is 0 Å². The van der Waals surface area contributed by atoms with Crippen molar-refractivity contribution in [2.24, 2.45) is 7.05 Å². The van der Waals surface area contributed by atoms with Gasteiger partial charge in [0.25, 0.3) is 0 Å². The number of hydrogen-bond acceptors (Lipinski definition) is 3. The van der Waals surface area contributed by atoms with Gasteiger partial charge < -0.3 is 10.1 Å². The van der Waals surface area contributed by atoms with Gasteiger partial charge in [0.2, 0.25) is 5.88 Å². The number of aryl methyl sites for hydroxylation is 4. The van der Waals surface area contributed by atoms with Gasteiger partial charge in [0.05, 0.1) is 18.4 Å². The van der Waals surface area contributed by atoms with Gasteiger partial charge in [0, 0.05) is 19.3 Å². The summed E-state index contributed by atoms with van der Waals surface area (Å²) in [5.41, 5.74) is 5.75. The van der Waals surface area contributed by atoms with Gasteiger partial charge >= 0.3 is 0 Å². The first-order chi connectivity index (χ1) is 9.01. The average molecular weight is 259 g/mol. The molecule has 0 aliphatic rings. The molecule has 0 aliphatic heterocycles. The largest absolute Gasteiger partial charge is 0.481 e. The van der Waals surface area contributed by atoms with Gasteiger partial charge in [-0.15, -0.1) is 0 Å². The van der Waals surface area contributed by atoms with E-state index in [1.54, 1.807) is 11.8 Å². The number of nitrogens with one attached hydrogen (secondary N) is 1. The van der Waals surface area contributed by atoms with E-state index in [-0.39, 0.29) is 0 Å². The summed E-state index contributed by atoms with van der Waals surface area (Å²) in [5.74, 6) is 0.814. The van der Waals surface area contributed by atoms with Crippen molar-refractivity contribution in [1.29, 1.82) is 0 Å². The Morgan fingerprint density at radius 1 is 1.16 bits per heavy atom. The number of aromatic nitrogens is 2. The highest BCUT2D eigenvalue weighted by Crippen LogP contribution is 2.22. The lowest BCUT2D eigenvalue weighted by Gasteiger charge is -2.10. The Balaban J connectivity index is 2.18. The van der Waals surface area contributed by atoms with Crippen LogP contribution in [0, 0.1) is 20.8 Å². The Morgan fingerprint density at radius 2 is 1.79 bits per heavy atom. The van der Waals surface area contributed by atoms with E-state index in [1.165, 1.54) is 11.1 Å². The summed E-state index contributed by atoms with van der Waals surface area (Å²) in [4.78, 5) is 0. The van der Waals surface area contributed by atoms with Gasteiger partial charge in [-0.2, -0.15) is 5.10 Å². The summed E-state index contributed by atoms with van der Waals surface area (Å²) in [6.07, 6.45) is 0. The van der Waals surface area contributed by atoms with Crippen molar-refractivity contribution in [3.8, 4) is 5.88 Å². The van der Waals surface area contributed by atoms with E-state index in [1.807, 2.05) is 14.0 Å². The van der Waals surface area contributed by atoms with Crippen molar-refractivity contribution < 1.29 is 4.74 Å². The molecular weight excluding hydrogens is 238 g/mol. The molecule has 102 valence electrons. The van der Waals surface area contributed by atoms with Crippen molar-refractivity contribution >= 4 is 5.69 Å². The first-order valence-corrected chi connectivity index (χ1v) is 6.40. The summed E-state index contributed by atoms with van der Waals surface area (Å²) in [7, 11) is 3.57. The van der Waals surface area contributed by atoms with Crippen molar-refractivity contribution in [3.05, 3.63) is 40.6 Å². The zero-order valence-corrected chi connectivity index (χ0v) is 12.2. The topological polar surface area (TPSA) is 39.1 Å². The summed E-state index contributed by atoms with van der Waals surface area (Å²) in [6, 6.07) is 6.46. The number of anilines is 1. The molecular formula is C15H21N3O. The van der Waals surface area contributed by atoms with Crippen LogP contribution in [-0.4, -0.2) is 16.9 Å². The van der Waals surface area contributed by atoms with Gasteiger partial charge in [-0.3, -0.25) is 0 Å². The molecule has 4 nitrogen and oxygen atoms in total. The van der Waals surface area contributed by atoms with E-state index in [2.05, 4.69) is 42.5 Å². The molecule has 1 heterocycles. The highest BCUT2D eigenvalue weighted by Gasteiger charge is 2.13. The zero-order valence-electron chi connectivity index (χ0n) is 12.2. The van der Waals surface area contributed by atoms with Gasteiger partial charge in [0.1, 0.15) is 0 Å². The fourth-order valence-electron chi connectivity index (χ4n) is 2.41. The monoisotopic (exact) mass is 259 g/mol. The smallest absolute Gasteiger partial charge is 0.216 e. The van der Waals surface area contributed by atoms with Crippen LogP contribution in [-0.2, 0) is 13.6 Å². The molecule has 0 spiro atoms.